The topological polar surface area (TPSA) is 56.6 Å². The highest BCUT2D eigenvalue weighted by Crippen LogP contribution is 2.24. The van der Waals surface area contributed by atoms with E-state index in [1.54, 1.807) is 6.92 Å². The molecule has 1 saturated heterocycles. The van der Waals surface area contributed by atoms with Crippen molar-refractivity contribution >= 4 is 5.97 Å². The van der Waals surface area contributed by atoms with Gasteiger partial charge in [-0.05, 0) is 21.0 Å². The third kappa shape index (κ3) is 2.46. The number of rotatable bonds is 2. The lowest BCUT2D eigenvalue weighted by Crippen LogP contribution is -2.56. The third-order valence-corrected chi connectivity index (χ3v) is 2.44. The number of carbonyl (C=O) groups is 1. The van der Waals surface area contributed by atoms with Crippen molar-refractivity contribution in [2.75, 3.05) is 40.5 Å². The van der Waals surface area contributed by atoms with Gasteiger partial charge in [0.05, 0.1) is 19.3 Å². The summed E-state index contributed by atoms with van der Waals surface area (Å²) in [4.78, 5) is 15.6. The van der Waals surface area contributed by atoms with Gasteiger partial charge in [-0.1, -0.05) is 0 Å². The average molecular weight is 211 g/mol. The normalized spacial score (nSPS) is 22.0. The second-order valence-corrected chi connectivity index (χ2v) is 4.08. The smallest absolute Gasteiger partial charge is 0.329 e. The van der Waals surface area contributed by atoms with E-state index in [0.717, 1.165) is 6.67 Å². The maximum atomic E-state index is 11.7. The van der Waals surface area contributed by atoms with E-state index in [1.807, 2.05) is 23.9 Å². The van der Waals surface area contributed by atoms with Gasteiger partial charge in [0.15, 0.2) is 5.41 Å². The molecule has 0 aromatic carbocycles. The summed E-state index contributed by atoms with van der Waals surface area (Å²) in [6.45, 7) is 3.71. The van der Waals surface area contributed by atoms with Crippen LogP contribution in [0.25, 0.3) is 0 Å². The Hall–Kier alpha value is -1.12. The van der Waals surface area contributed by atoms with Gasteiger partial charge in [-0.25, -0.2) is 0 Å². The summed E-state index contributed by atoms with van der Waals surface area (Å²) in [6.07, 6.45) is 0. The first-order valence-corrected chi connectivity index (χ1v) is 4.99. The molecule has 5 nitrogen and oxygen atoms in total. The van der Waals surface area contributed by atoms with E-state index >= 15 is 0 Å². The van der Waals surface area contributed by atoms with Crippen LogP contribution in [0.2, 0.25) is 0 Å². The van der Waals surface area contributed by atoms with Crippen LogP contribution in [0.15, 0.2) is 0 Å². The predicted molar refractivity (Wildman–Crippen MR) is 54.8 cm³/mol. The van der Waals surface area contributed by atoms with Crippen LogP contribution in [0.3, 0.4) is 0 Å². The van der Waals surface area contributed by atoms with Gasteiger partial charge in [-0.2, -0.15) is 5.26 Å². The molecule has 1 rings (SSSR count). The highest BCUT2D eigenvalue weighted by Gasteiger charge is 2.45. The van der Waals surface area contributed by atoms with Crippen LogP contribution in [0.4, 0.5) is 0 Å². The lowest BCUT2D eigenvalue weighted by atomic mass is 9.87. The minimum absolute atomic E-state index is 0.315. The standard InChI is InChI=1S/C10H17N3O2/c1-4-15-9(14)10(5-11)6-12(2)8-13(3)7-10/h4,6-8H2,1-3H3. The van der Waals surface area contributed by atoms with E-state index in [-0.39, 0.29) is 0 Å². The molecular weight excluding hydrogens is 194 g/mol. The molecule has 0 spiro atoms. The molecule has 0 bridgehead atoms. The van der Waals surface area contributed by atoms with Crippen molar-refractivity contribution in [1.82, 2.24) is 9.80 Å². The Bertz CT molecular complexity index is 275. The zero-order chi connectivity index (χ0) is 11.5. The quantitative estimate of drug-likeness (QED) is 0.597. The number of nitrogens with zero attached hydrogens (tertiary/aromatic N) is 3. The number of nitriles is 1. The fourth-order valence-electron chi connectivity index (χ4n) is 2.00. The zero-order valence-corrected chi connectivity index (χ0v) is 9.49. The summed E-state index contributed by atoms with van der Waals surface area (Å²) < 4.78 is 4.96. The van der Waals surface area contributed by atoms with Gasteiger partial charge in [-0.15, -0.1) is 0 Å². The first-order valence-electron chi connectivity index (χ1n) is 4.99. The van der Waals surface area contributed by atoms with Gasteiger partial charge in [0.1, 0.15) is 0 Å². The molecule has 0 atom stereocenters. The first-order chi connectivity index (χ1) is 7.04. The van der Waals surface area contributed by atoms with Crippen molar-refractivity contribution in [3.8, 4) is 6.07 Å². The summed E-state index contributed by atoms with van der Waals surface area (Å²) >= 11 is 0. The molecule has 1 aliphatic rings. The number of hydrogen-bond donors (Lipinski definition) is 0. The molecule has 0 aromatic heterocycles. The van der Waals surface area contributed by atoms with E-state index in [1.165, 1.54) is 0 Å². The van der Waals surface area contributed by atoms with Crippen LogP contribution in [0.5, 0.6) is 0 Å². The average Bonchev–Trinajstić information content (AvgIpc) is 2.16. The summed E-state index contributed by atoms with van der Waals surface area (Å²) in [5, 5.41) is 9.17. The van der Waals surface area contributed by atoms with E-state index in [9.17, 15) is 4.79 Å². The van der Waals surface area contributed by atoms with Gasteiger partial charge < -0.3 is 4.74 Å². The molecule has 0 N–H and O–H groups in total. The highest BCUT2D eigenvalue weighted by atomic mass is 16.5. The second kappa shape index (κ2) is 4.60. The summed E-state index contributed by atoms with van der Waals surface area (Å²) in [5.74, 6) is -0.411. The lowest BCUT2D eigenvalue weighted by Gasteiger charge is -2.39. The molecule has 0 unspecified atom stereocenters. The Morgan fingerprint density at radius 1 is 1.47 bits per heavy atom. The summed E-state index contributed by atoms with van der Waals surface area (Å²) in [7, 11) is 3.78. The molecule has 15 heavy (non-hydrogen) atoms. The van der Waals surface area contributed by atoms with Crippen molar-refractivity contribution in [2.45, 2.75) is 6.92 Å². The Morgan fingerprint density at radius 3 is 2.40 bits per heavy atom. The molecule has 1 heterocycles. The maximum absolute atomic E-state index is 11.7. The SMILES string of the molecule is CCOC(=O)C1(C#N)CN(C)CN(C)C1. The maximum Gasteiger partial charge on any atom is 0.329 e. The highest BCUT2D eigenvalue weighted by molar-refractivity contribution is 5.80. The van der Waals surface area contributed by atoms with E-state index in [2.05, 4.69) is 6.07 Å². The van der Waals surface area contributed by atoms with Crippen molar-refractivity contribution in [2.24, 2.45) is 5.41 Å². The van der Waals surface area contributed by atoms with Crippen LogP contribution in [-0.4, -0.2) is 56.2 Å². The molecule has 0 radical (unpaired) electrons. The molecule has 0 amide bonds. The lowest BCUT2D eigenvalue weighted by molar-refractivity contribution is -0.156. The molecule has 1 fully saturated rings. The molecule has 1 aliphatic heterocycles. The number of carbonyl (C=O) groups excluding carboxylic acids is 1. The Balaban J connectivity index is 2.84. The molecule has 5 heteroatoms. The third-order valence-electron chi connectivity index (χ3n) is 2.44. The molecule has 0 saturated carbocycles. The van der Waals surface area contributed by atoms with Crippen molar-refractivity contribution in [3.63, 3.8) is 0 Å². The Kier molecular flexibility index (Phi) is 3.66. The fraction of sp³-hybridized carbons (Fsp3) is 0.800. The van der Waals surface area contributed by atoms with Crippen molar-refractivity contribution < 1.29 is 9.53 Å². The second-order valence-electron chi connectivity index (χ2n) is 4.08. The minimum Gasteiger partial charge on any atom is -0.465 e. The van der Waals surface area contributed by atoms with Gasteiger partial charge in [0.2, 0.25) is 0 Å². The fourth-order valence-corrected chi connectivity index (χ4v) is 2.00. The van der Waals surface area contributed by atoms with Gasteiger partial charge >= 0.3 is 5.97 Å². The molecule has 84 valence electrons. The largest absolute Gasteiger partial charge is 0.465 e. The Labute approximate surface area is 90.2 Å². The Morgan fingerprint density at radius 2 is 2.00 bits per heavy atom. The summed E-state index contributed by atoms with van der Waals surface area (Å²) in [6, 6.07) is 2.10. The molecule has 0 aromatic rings. The zero-order valence-electron chi connectivity index (χ0n) is 9.49. The van der Waals surface area contributed by atoms with Crippen molar-refractivity contribution in [3.05, 3.63) is 0 Å². The van der Waals surface area contributed by atoms with Crippen LogP contribution < -0.4 is 0 Å². The monoisotopic (exact) mass is 211 g/mol. The predicted octanol–water partition coefficient (Wildman–Crippen LogP) is -0.106. The van der Waals surface area contributed by atoms with Crippen LogP contribution in [-0.2, 0) is 9.53 Å². The van der Waals surface area contributed by atoms with Gasteiger partial charge in [0.25, 0.3) is 0 Å². The van der Waals surface area contributed by atoms with Crippen LogP contribution in [0, 0.1) is 16.7 Å². The van der Waals surface area contributed by atoms with E-state index in [0.29, 0.717) is 19.7 Å². The van der Waals surface area contributed by atoms with Gasteiger partial charge in [-0.3, -0.25) is 14.6 Å². The number of ether oxygens (including phenoxy) is 1. The van der Waals surface area contributed by atoms with E-state index in [4.69, 9.17) is 10.00 Å². The number of esters is 1. The van der Waals surface area contributed by atoms with Gasteiger partial charge in [0, 0.05) is 13.1 Å². The van der Waals surface area contributed by atoms with E-state index < -0.39 is 11.4 Å². The van der Waals surface area contributed by atoms with Crippen LogP contribution in [0.1, 0.15) is 6.92 Å². The first kappa shape index (κ1) is 12.0. The van der Waals surface area contributed by atoms with Crippen molar-refractivity contribution in [1.29, 1.82) is 5.26 Å². The van der Waals surface area contributed by atoms with Crippen LogP contribution >= 0.6 is 0 Å². The molecular formula is C10H17N3O2. The minimum atomic E-state index is -1.03. The summed E-state index contributed by atoms with van der Waals surface area (Å²) in [5.41, 5.74) is -1.03. The number of hydrogen-bond acceptors (Lipinski definition) is 5. The molecule has 0 aliphatic carbocycles.